The fourth-order valence-corrected chi connectivity index (χ4v) is 4.88. The van der Waals surface area contributed by atoms with Crippen molar-refractivity contribution in [3.05, 3.63) is 35.9 Å². The number of pyridine rings is 1. The van der Waals surface area contributed by atoms with E-state index in [1.54, 1.807) is 24.9 Å². The number of fused-ring (bicyclic) bond motifs is 1. The number of nitriles is 1. The lowest BCUT2D eigenvalue weighted by atomic mass is 9.93. The lowest BCUT2D eigenvalue weighted by Crippen LogP contribution is -2.69. The quantitative estimate of drug-likeness (QED) is 0.629. The first kappa shape index (κ1) is 21.4. The minimum atomic E-state index is -0.697. The Hall–Kier alpha value is -3.42. The van der Waals surface area contributed by atoms with E-state index in [0.717, 1.165) is 29.7 Å². The number of hydrogen-bond acceptors (Lipinski definition) is 7. The van der Waals surface area contributed by atoms with Gasteiger partial charge in [0.1, 0.15) is 22.9 Å². The summed E-state index contributed by atoms with van der Waals surface area (Å²) in [4.78, 5) is 14.8. The average molecular weight is 450 g/mol. The van der Waals surface area contributed by atoms with Gasteiger partial charge in [0.05, 0.1) is 25.5 Å². The Kier molecular flexibility index (Phi) is 5.31. The molecule has 1 N–H and O–H groups in total. The number of methoxy groups -OCH3 is 2. The molecule has 0 bridgehead atoms. The third-order valence-electron chi connectivity index (χ3n) is 6.97. The number of nitrogens with zero attached hydrogens (tertiary/aromatic N) is 6. The van der Waals surface area contributed by atoms with Crippen LogP contribution >= 0.6 is 0 Å². The van der Waals surface area contributed by atoms with Gasteiger partial charge in [0.2, 0.25) is 0 Å². The molecule has 2 aliphatic rings. The highest BCUT2D eigenvalue weighted by molar-refractivity contribution is 5.87. The number of rotatable bonds is 5. The number of ether oxygens (including phenoxy) is 2. The lowest BCUT2D eigenvalue weighted by molar-refractivity contribution is -0.162. The van der Waals surface area contributed by atoms with E-state index in [9.17, 15) is 10.1 Å². The van der Waals surface area contributed by atoms with Crippen molar-refractivity contribution < 1.29 is 14.3 Å². The maximum atomic E-state index is 12.9. The smallest absolute Gasteiger partial charge is 0.257 e. The predicted molar refractivity (Wildman–Crippen MR) is 120 cm³/mol. The molecule has 0 saturated carbocycles. The molecule has 0 unspecified atom stereocenters. The van der Waals surface area contributed by atoms with E-state index in [-0.39, 0.29) is 11.9 Å². The second kappa shape index (κ2) is 8.17. The Morgan fingerprint density at radius 1 is 1.24 bits per heavy atom. The zero-order valence-electron chi connectivity index (χ0n) is 19.0. The van der Waals surface area contributed by atoms with Gasteiger partial charge in [0.25, 0.3) is 5.91 Å². The summed E-state index contributed by atoms with van der Waals surface area (Å²) in [5, 5.41) is 21.5. The van der Waals surface area contributed by atoms with Gasteiger partial charge in [-0.3, -0.25) is 9.48 Å². The Balaban J connectivity index is 1.36. The molecule has 0 spiro atoms. The maximum Gasteiger partial charge on any atom is 0.257 e. The summed E-state index contributed by atoms with van der Waals surface area (Å²) in [5.41, 5.74) is 3.38. The summed E-state index contributed by atoms with van der Waals surface area (Å²) in [5.74, 6) is 0.675. The number of amides is 1. The summed E-state index contributed by atoms with van der Waals surface area (Å²) < 4.78 is 14.8. The first-order chi connectivity index (χ1) is 16.0. The molecule has 1 amide bonds. The van der Waals surface area contributed by atoms with Crippen molar-refractivity contribution in [1.82, 2.24) is 29.6 Å². The molecule has 2 aliphatic heterocycles. The van der Waals surface area contributed by atoms with Crippen LogP contribution in [0.15, 0.2) is 24.7 Å². The predicted octanol–water partition coefficient (Wildman–Crippen LogP) is 1.54. The van der Waals surface area contributed by atoms with Crippen LogP contribution in [0.5, 0.6) is 5.75 Å². The topological polar surface area (TPSA) is 110 Å². The van der Waals surface area contributed by atoms with Gasteiger partial charge in [0.15, 0.2) is 5.60 Å². The summed E-state index contributed by atoms with van der Waals surface area (Å²) in [6.07, 6.45) is 6.98. The molecular formula is C23H27N7O3. The molecule has 10 nitrogen and oxygen atoms in total. The van der Waals surface area contributed by atoms with Crippen LogP contribution in [-0.2, 0) is 9.53 Å². The van der Waals surface area contributed by atoms with Gasteiger partial charge in [-0.2, -0.15) is 15.5 Å². The van der Waals surface area contributed by atoms with Crippen LogP contribution in [0.25, 0.3) is 16.6 Å². The van der Waals surface area contributed by atoms with Gasteiger partial charge in [-0.25, -0.2) is 4.52 Å². The number of carbonyl (C=O) groups is 1. The van der Waals surface area contributed by atoms with E-state index < -0.39 is 5.60 Å². The Bertz CT molecular complexity index is 1240. The molecule has 172 valence electrons. The zero-order valence-corrected chi connectivity index (χ0v) is 19.0. The highest BCUT2D eigenvalue weighted by Crippen LogP contribution is 2.34. The van der Waals surface area contributed by atoms with E-state index in [2.05, 4.69) is 28.1 Å². The van der Waals surface area contributed by atoms with E-state index in [0.29, 0.717) is 43.0 Å². The molecule has 0 radical (unpaired) electrons. The molecule has 2 fully saturated rings. The van der Waals surface area contributed by atoms with Crippen molar-refractivity contribution in [2.45, 2.75) is 31.4 Å². The second-order valence-corrected chi connectivity index (χ2v) is 8.67. The normalized spacial score (nSPS) is 18.2. The Labute approximate surface area is 191 Å². The maximum absolute atomic E-state index is 12.9. The number of piperidine rings is 1. The molecule has 5 heterocycles. The molecular weight excluding hydrogens is 422 g/mol. The summed E-state index contributed by atoms with van der Waals surface area (Å²) in [6.45, 7) is 4.58. The van der Waals surface area contributed by atoms with Crippen molar-refractivity contribution in [2.75, 3.05) is 40.4 Å². The van der Waals surface area contributed by atoms with Crippen LogP contribution < -0.4 is 10.1 Å². The molecule has 2 saturated heterocycles. The Morgan fingerprint density at radius 3 is 2.61 bits per heavy atom. The minimum absolute atomic E-state index is 0.0800. The van der Waals surface area contributed by atoms with Gasteiger partial charge in [-0.05, 0) is 25.8 Å². The fraction of sp³-hybridized carbons (Fsp3) is 0.478. The summed E-state index contributed by atoms with van der Waals surface area (Å²) in [7, 11) is 3.20. The lowest BCUT2D eigenvalue weighted by Gasteiger charge is -2.44. The van der Waals surface area contributed by atoms with Crippen LogP contribution in [0.3, 0.4) is 0 Å². The standard InChI is InChI=1S/C23H27N7O3/c1-15-19(16-8-20(32-2)21-17(9-24)10-26-29(21)12-16)11-27-30(15)18-4-6-28(7-5-18)22(31)23(33-3)13-25-14-23/h8,10-12,18,25H,4-7,13-14H2,1-3H3. The van der Waals surface area contributed by atoms with Crippen LogP contribution in [0.4, 0.5) is 0 Å². The zero-order chi connectivity index (χ0) is 23.2. The van der Waals surface area contributed by atoms with Gasteiger partial charge in [-0.15, -0.1) is 0 Å². The molecule has 0 aliphatic carbocycles. The number of carbonyl (C=O) groups excluding carboxylic acids is 1. The molecule has 33 heavy (non-hydrogen) atoms. The first-order valence-electron chi connectivity index (χ1n) is 11.1. The molecule has 10 heteroatoms. The molecule has 3 aromatic heterocycles. The number of likely N-dealkylation sites (tertiary alicyclic amines) is 1. The largest absolute Gasteiger partial charge is 0.494 e. The van der Waals surface area contributed by atoms with E-state index in [4.69, 9.17) is 14.6 Å². The van der Waals surface area contributed by atoms with Gasteiger partial charge < -0.3 is 19.7 Å². The van der Waals surface area contributed by atoms with Crippen molar-refractivity contribution in [3.63, 3.8) is 0 Å². The van der Waals surface area contributed by atoms with E-state index in [1.165, 1.54) is 0 Å². The third kappa shape index (κ3) is 3.35. The van der Waals surface area contributed by atoms with Gasteiger partial charge >= 0.3 is 0 Å². The van der Waals surface area contributed by atoms with E-state index in [1.807, 2.05) is 23.4 Å². The highest BCUT2D eigenvalue weighted by Gasteiger charge is 2.47. The van der Waals surface area contributed by atoms with Crippen LogP contribution in [0.2, 0.25) is 0 Å². The fourth-order valence-electron chi connectivity index (χ4n) is 4.88. The summed E-state index contributed by atoms with van der Waals surface area (Å²) in [6, 6.07) is 4.30. The number of hydrogen-bond donors (Lipinski definition) is 1. The second-order valence-electron chi connectivity index (χ2n) is 8.67. The molecule has 5 rings (SSSR count). The monoisotopic (exact) mass is 449 g/mol. The Morgan fingerprint density at radius 2 is 2.00 bits per heavy atom. The average Bonchev–Trinajstić information content (AvgIpc) is 3.41. The molecule has 0 atom stereocenters. The highest BCUT2D eigenvalue weighted by atomic mass is 16.5. The molecule has 0 aromatic carbocycles. The SMILES string of the molecule is COc1cc(-c2cnn(C3CCN(C(=O)C4(OC)CNC4)CC3)c2C)cn2ncc(C#N)c12. The van der Waals surface area contributed by atoms with Crippen LogP contribution in [0.1, 0.15) is 30.1 Å². The van der Waals surface area contributed by atoms with E-state index >= 15 is 0 Å². The van der Waals surface area contributed by atoms with Crippen molar-refractivity contribution >= 4 is 11.4 Å². The van der Waals surface area contributed by atoms with Crippen molar-refractivity contribution in [3.8, 4) is 22.9 Å². The van der Waals surface area contributed by atoms with Crippen LogP contribution in [-0.4, -0.2) is 76.2 Å². The summed E-state index contributed by atoms with van der Waals surface area (Å²) >= 11 is 0. The molecule has 3 aromatic rings. The minimum Gasteiger partial charge on any atom is -0.494 e. The van der Waals surface area contributed by atoms with Gasteiger partial charge in [-0.1, -0.05) is 0 Å². The van der Waals surface area contributed by atoms with Crippen molar-refractivity contribution in [2.24, 2.45) is 0 Å². The first-order valence-corrected chi connectivity index (χ1v) is 11.1. The van der Waals surface area contributed by atoms with Crippen LogP contribution in [0, 0.1) is 18.3 Å². The number of nitrogens with one attached hydrogen (secondary N) is 1. The number of aromatic nitrogens is 4. The van der Waals surface area contributed by atoms with Crippen molar-refractivity contribution in [1.29, 1.82) is 5.26 Å². The third-order valence-corrected chi connectivity index (χ3v) is 6.97. The van der Waals surface area contributed by atoms with Gasteiger partial charge in [0, 0.05) is 56.3 Å².